The maximum atomic E-state index is 4.51. The molecular formula is C17H24ClN3. The van der Waals surface area contributed by atoms with E-state index < -0.39 is 0 Å². The van der Waals surface area contributed by atoms with Gasteiger partial charge in [0.05, 0.1) is 12.2 Å². The number of benzene rings is 1. The fraction of sp³-hybridized carbons (Fsp3) is 0.471. The van der Waals surface area contributed by atoms with Crippen LogP contribution in [0.2, 0.25) is 0 Å². The predicted molar refractivity (Wildman–Crippen MR) is 88.8 cm³/mol. The third-order valence-corrected chi connectivity index (χ3v) is 4.12. The molecule has 0 aliphatic heterocycles. The highest BCUT2D eigenvalue weighted by Gasteiger charge is 2.17. The Morgan fingerprint density at radius 2 is 1.86 bits per heavy atom. The summed E-state index contributed by atoms with van der Waals surface area (Å²) in [6.07, 6.45) is 10.6. The third kappa shape index (κ3) is 4.58. The lowest BCUT2D eigenvalue weighted by molar-refractivity contribution is 0.466. The number of aromatic nitrogens is 2. The molecule has 0 saturated heterocycles. The Labute approximate surface area is 133 Å². The zero-order valence-corrected chi connectivity index (χ0v) is 13.2. The minimum atomic E-state index is 0. The lowest BCUT2D eigenvalue weighted by Gasteiger charge is -2.08. The molecule has 4 heteroatoms. The van der Waals surface area contributed by atoms with E-state index in [1.165, 1.54) is 36.8 Å². The minimum Gasteiger partial charge on any atom is -0.312 e. The highest BCUT2D eigenvalue weighted by atomic mass is 35.5. The highest BCUT2D eigenvalue weighted by Crippen LogP contribution is 2.28. The second kappa shape index (κ2) is 8.20. The van der Waals surface area contributed by atoms with Gasteiger partial charge in [-0.05, 0) is 31.4 Å². The molecule has 114 valence electrons. The van der Waals surface area contributed by atoms with Crippen LogP contribution in [0.5, 0.6) is 0 Å². The first-order valence-electron chi connectivity index (χ1n) is 7.69. The van der Waals surface area contributed by atoms with E-state index in [-0.39, 0.29) is 12.4 Å². The molecule has 1 aromatic heterocycles. The van der Waals surface area contributed by atoms with Crippen LogP contribution in [0.15, 0.2) is 42.7 Å². The van der Waals surface area contributed by atoms with Gasteiger partial charge < -0.3 is 5.32 Å². The van der Waals surface area contributed by atoms with Crippen molar-refractivity contribution in [3.63, 3.8) is 0 Å². The van der Waals surface area contributed by atoms with Gasteiger partial charge in [-0.15, -0.1) is 12.4 Å². The number of rotatable bonds is 6. The summed E-state index contributed by atoms with van der Waals surface area (Å²) in [5.41, 5.74) is 2.69. The molecule has 0 atom stereocenters. The number of hydrogen-bond donors (Lipinski definition) is 1. The maximum absolute atomic E-state index is 4.51. The second-order valence-corrected chi connectivity index (χ2v) is 5.68. The van der Waals surface area contributed by atoms with Crippen molar-refractivity contribution >= 4 is 12.4 Å². The lowest BCUT2D eigenvalue weighted by Crippen LogP contribution is -2.16. The van der Waals surface area contributed by atoms with Crippen LogP contribution in [0.25, 0.3) is 0 Å². The Morgan fingerprint density at radius 3 is 2.62 bits per heavy atom. The van der Waals surface area contributed by atoms with Gasteiger partial charge in [0, 0.05) is 18.3 Å². The van der Waals surface area contributed by atoms with Gasteiger partial charge in [0.1, 0.15) is 0 Å². The van der Waals surface area contributed by atoms with Crippen molar-refractivity contribution in [2.45, 2.75) is 44.7 Å². The Bertz CT molecular complexity index is 518. The van der Waals surface area contributed by atoms with Crippen molar-refractivity contribution < 1.29 is 0 Å². The molecule has 1 fully saturated rings. The van der Waals surface area contributed by atoms with E-state index in [0.717, 1.165) is 19.5 Å². The average Bonchev–Trinajstić information content (AvgIpc) is 3.15. The quantitative estimate of drug-likeness (QED) is 0.824. The Balaban J connectivity index is 0.00000161. The lowest BCUT2D eigenvalue weighted by atomic mass is 10.1. The van der Waals surface area contributed by atoms with Crippen LogP contribution >= 0.6 is 12.4 Å². The van der Waals surface area contributed by atoms with Crippen LogP contribution in [0.1, 0.15) is 42.9 Å². The molecule has 3 nitrogen and oxygen atoms in total. The number of halogens is 1. The zero-order chi connectivity index (χ0) is 13.6. The normalized spacial score (nSPS) is 15.0. The van der Waals surface area contributed by atoms with E-state index in [1.807, 2.05) is 6.20 Å². The highest BCUT2D eigenvalue weighted by molar-refractivity contribution is 5.85. The van der Waals surface area contributed by atoms with Gasteiger partial charge in [-0.1, -0.05) is 43.2 Å². The molecule has 0 amide bonds. The van der Waals surface area contributed by atoms with E-state index in [1.54, 1.807) is 0 Å². The number of nitrogens with one attached hydrogen (secondary N) is 1. The molecule has 1 N–H and O–H groups in total. The fourth-order valence-corrected chi connectivity index (χ4v) is 2.95. The topological polar surface area (TPSA) is 29.9 Å². The van der Waals surface area contributed by atoms with Crippen LogP contribution in [-0.2, 0) is 13.0 Å². The van der Waals surface area contributed by atoms with Gasteiger partial charge in [-0.3, -0.25) is 4.68 Å². The van der Waals surface area contributed by atoms with Crippen molar-refractivity contribution in [1.82, 2.24) is 15.1 Å². The monoisotopic (exact) mass is 305 g/mol. The van der Waals surface area contributed by atoms with Crippen LogP contribution in [-0.4, -0.2) is 16.3 Å². The van der Waals surface area contributed by atoms with Gasteiger partial charge >= 0.3 is 0 Å². The van der Waals surface area contributed by atoms with E-state index >= 15 is 0 Å². The molecule has 0 bridgehead atoms. The summed E-state index contributed by atoms with van der Waals surface area (Å²) >= 11 is 0. The average molecular weight is 306 g/mol. The van der Waals surface area contributed by atoms with Gasteiger partial charge in [-0.25, -0.2) is 0 Å². The molecule has 1 aromatic carbocycles. The van der Waals surface area contributed by atoms with Crippen LogP contribution in [0, 0.1) is 0 Å². The van der Waals surface area contributed by atoms with E-state index in [9.17, 15) is 0 Å². The minimum absolute atomic E-state index is 0. The molecule has 21 heavy (non-hydrogen) atoms. The Hall–Kier alpha value is -1.32. The first-order valence-corrected chi connectivity index (χ1v) is 7.69. The molecular weight excluding hydrogens is 282 g/mol. The summed E-state index contributed by atoms with van der Waals surface area (Å²) in [5.74, 6) is 0. The van der Waals surface area contributed by atoms with E-state index in [0.29, 0.717) is 6.04 Å². The summed E-state index contributed by atoms with van der Waals surface area (Å²) in [6, 6.07) is 11.3. The van der Waals surface area contributed by atoms with Crippen molar-refractivity contribution in [1.29, 1.82) is 0 Å². The largest absolute Gasteiger partial charge is 0.312 e. The summed E-state index contributed by atoms with van der Waals surface area (Å²) in [4.78, 5) is 0. The molecule has 3 rings (SSSR count). The first kappa shape index (κ1) is 16.1. The summed E-state index contributed by atoms with van der Waals surface area (Å²) < 4.78 is 2.17. The molecule has 0 unspecified atom stereocenters. The molecule has 0 spiro atoms. The second-order valence-electron chi connectivity index (χ2n) is 5.68. The number of hydrogen-bond acceptors (Lipinski definition) is 2. The Morgan fingerprint density at radius 1 is 1.10 bits per heavy atom. The van der Waals surface area contributed by atoms with Crippen LogP contribution < -0.4 is 5.32 Å². The first-order chi connectivity index (χ1) is 9.92. The standard InChI is InChI=1S/C17H23N3.ClH/c1-2-6-15(7-3-1)10-11-18-12-16-13-19-20(14-16)17-8-4-5-9-17;/h1-3,6-7,13-14,17-18H,4-5,8-12H2;1H. The van der Waals surface area contributed by atoms with E-state index in [2.05, 4.69) is 51.6 Å². The van der Waals surface area contributed by atoms with Crippen LogP contribution in [0.4, 0.5) is 0 Å². The van der Waals surface area contributed by atoms with Crippen molar-refractivity contribution in [3.05, 3.63) is 53.9 Å². The van der Waals surface area contributed by atoms with Gasteiger partial charge in [0.2, 0.25) is 0 Å². The van der Waals surface area contributed by atoms with Crippen molar-refractivity contribution in [2.75, 3.05) is 6.54 Å². The van der Waals surface area contributed by atoms with Gasteiger partial charge in [0.25, 0.3) is 0 Å². The van der Waals surface area contributed by atoms with Crippen molar-refractivity contribution in [3.8, 4) is 0 Å². The molecule has 1 aliphatic rings. The Kier molecular flexibility index (Phi) is 6.27. The number of nitrogens with zero attached hydrogens (tertiary/aromatic N) is 2. The summed E-state index contributed by atoms with van der Waals surface area (Å²) in [7, 11) is 0. The van der Waals surface area contributed by atoms with Gasteiger partial charge in [-0.2, -0.15) is 5.10 Å². The molecule has 1 aliphatic carbocycles. The fourth-order valence-electron chi connectivity index (χ4n) is 2.95. The van der Waals surface area contributed by atoms with Crippen LogP contribution in [0.3, 0.4) is 0 Å². The molecule has 0 radical (unpaired) electrons. The molecule has 1 saturated carbocycles. The summed E-state index contributed by atoms with van der Waals surface area (Å²) in [6.45, 7) is 1.93. The van der Waals surface area contributed by atoms with E-state index in [4.69, 9.17) is 0 Å². The molecule has 1 heterocycles. The maximum Gasteiger partial charge on any atom is 0.0534 e. The predicted octanol–water partition coefficient (Wildman–Crippen LogP) is 3.75. The SMILES string of the molecule is Cl.c1ccc(CCNCc2cnn(C3CCCC3)c2)cc1. The van der Waals surface area contributed by atoms with Gasteiger partial charge in [0.15, 0.2) is 0 Å². The third-order valence-electron chi connectivity index (χ3n) is 4.12. The van der Waals surface area contributed by atoms with Crippen molar-refractivity contribution in [2.24, 2.45) is 0 Å². The zero-order valence-electron chi connectivity index (χ0n) is 12.4. The smallest absolute Gasteiger partial charge is 0.0534 e. The molecule has 2 aromatic rings. The summed E-state index contributed by atoms with van der Waals surface area (Å²) in [5, 5.41) is 8.01.